The highest BCUT2D eigenvalue weighted by Crippen LogP contribution is 2.64. The first-order chi connectivity index (χ1) is 11.0. The number of hydrogen-bond acceptors (Lipinski definition) is 3. The number of hydrogen-bond donors (Lipinski definition) is 0. The van der Waals surface area contributed by atoms with Gasteiger partial charge in [0, 0.05) is 24.9 Å². The third-order valence-electron chi connectivity index (χ3n) is 5.49. The molecule has 2 aliphatic heterocycles. The molecule has 1 aliphatic carbocycles. The molecular formula is C18H23F2NO2. The zero-order chi connectivity index (χ0) is 16.6. The van der Waals surface area contributed by atoms with Gasteiger partial charge in [-0.3, -0.25) is 9.69 Å². The number of alkyl halides is 2. The van der Waals surface area contributed by atoms with Crippen molar-refractivity contribution < 1.29 is 18.3 Å². The van der Waals surface area contributed by atoms with E-state index in [0.717, 1.165) is 25.9 Å². The summed E-state index contributed by atoms with van der Waals surface area (Å²) in [6.45, 7) is 2.32. The number of methoxy groups -OCH3 is 1. The van der Waals surface area contributed by atoms with Gasteiger partial charge in [-0.2, -0.15) is 0 Å². The smallest absolute Gasteiger partial charge is 0.292 e. The molecule has 126 valence electrons. The summed E-state index contributed by atoms with van der Waals surface area (Å²) in [5.41, 5.74) is 1.27. The van der Waals surface area contributed by atoms with Crippen LogP contribution < -0.4 is 0 Å². The van der Waals surface area contributed by atoms with Crippen molar-refractivity contribution in [2.75, 3.05) is 20.2 Å². The van der Waals surface area contributed by atoms with Gasteiger partial charge in [0.05, 0.1) is 7.11 Å². The molecule has 1 unspecified atom stereocenters. The van der Waals surface area contributed by atoms with Crippen molar-refractivity contribution in [2.24, 2.45) is 5.41 Å². The summed E-state index contributed by atoms with van der Waals surface area (Å²) in [4.78, 5) is 11.4. The Morgan fingerprint density at radius 2 is 1.83 bits per heavy atom. The van der Waals surface area contributed by atoms with Crippen LogP contribution in [0.4, 0.5) is 8.78 Å². The van der Waals surface area contributed by atoms with E-state index in [9.17, 15) is 8.78 Å². The molecule has 0 N–H and O–H groups in total. The van der Waals surface area contributed by atoms with Crippen molar-refractivity contribution >= 4 is 6.47 Å². The number of rotatable bonds is 2. The Kier molecular flexibility index (Phi) is 4.17. The van der Waals surface area contributed by atoms with Crippen molar-refractivity contribution in [2.45, 2.75) is 43.6 Å². The minimum atomic E-state index is -2.41. The lowest BCUT2D eigenvalue weighted by Gasteiger charge is -2.45. The molecule has 1 spiro atoms. The standard InChI is InChI=1S/C16H19F2N.C2H4O2/c17-16(18)10-14(11-16)9-15(7-4-8-19(15)12-14)13-5-2-1-3-6-13;1-4-2-3/h1-3,5-6H,4,7-12H2;2H,1H3. The van der Waals surface area contributed by atoms with Crippen LogP contribution in [0, 0.1) is 5.41 Å². The summed E-state index contributed by atoms with van der Waals surface area (Å²) in [7, 11) is 1.31. The Balaban J connectivity index is 0.000000354. The lowest BCUT2D eigenvalue weighted by molar-refractivity contribution is -0.157. The maximum Gasteiger partial charge on any atom is 0.292 e. The van der Waals surface area contributed by atoms with Crippen molar-refractivity contribution in [3.63, 3.8) is 0 Å². The summed E-state index contributed by atoms with van der Waals surface area (Å²) in [6.07, 6.45) is 3.46. The van der Waals surface area contributed by atoms with E-state index < -0.39 is 5.92 Å². The van der Waals surface area contributed by atoms with Crippen LogP contribution in [0.2, 0.25) is 0 Å². The molecule has 4 rings (SSSR count). The first-order valence-electron chi connectivity index (χ1n) is 8.10. The van der Waals surface area contributed by atoms with E-state index in [1.54, 1.807) is 0 Å². The second-order valence-corrected chi connectivity index (χ2v) is 7.14. The number of carbonyl (C=O) groups is 1. The van der Waals surface area contributed by atoms with E-state index in [0.29, 0.717) is 6.47 Å². The highest BCUT2D eigenvalue weighted by Gasteiger charge is 2.65. The van der Waals surface area contributed by atoms with Gasteiger partial charge in [0.1, 0.15) is 0 Å². The highest BCUT2D eigenvalue weighted by atomic mass is 19.3. The molecule has 1 aromatic carbocycles. The zero-order valence-corrected chi connectivity index (χ0v) is 13.4. The number of halogens is 2. The summed E-state index contributed by atoms with van der Waals surface area (Å²) in [6, 6.07) is 10.5. The third-order valence-corrected chi connectivity index (χ3v) is 5.49. The summed E-state index contributed by atoms with van der Waals surface area (Å²) in [5.74, 6) is -2.41. The van der Waals surface area contributed by atoms with Gasteiger partial charge < -0.3 is 4.74 Å². The predicted molar refractivity (Wildman–Crippen MR) is 83.2 cm³/mol. The molecule has 0 amide bonds. The number of fused-ring (bicyclic) bond motifs is 1. The molecule has 1 aromatic rings. The fourth-order valence-corrected chi connectivity index (χ4v) is 4.91. The first-order valence-corrected chi connectivity index (χ1v) is 8.10. The minimum Gasteiger partial charge on any atom is -0.471 e. The normalized spacial score (nSPS) is 30.0. The fourth-order valence-electron chi connectivity index (χ4n) is 4.91. The number of benzene rings is 1. The van der Waals surface area contributed by atoms with E-state index in [-0.39, 0.29) is 23.8 Å². The quantitative estimate of drug-likeness (QED) is 0.779. The van der Waals surface area contributed by atoms with Crippen LogP contribution in [-0.2, 0) is 15.1 Å². The van der Waals surface area contributed by atoms with Gasteiger partial charge in [0.2, 0.25) is 5.92 Å². The Labute approximate surface area is 135 Å². The van der Waals surface area contributed by atoms with Crippen LogP contribution in [0.25, 0.3) is 0 Å². The average molecular weight is 323 g/mol. The average Bonchev–Trinajstić information content (AvgIpc) is 3.02. The molecule has 0 bridgehead atoms. The summed E-state index contributed by atoms with van der Waals surface area (Å²) >= 11 is 0. The minimum absolute atomic E-state index is 0.0533. The second-order valence-electron chi connectivity index (χ2n) is 7.14. The second kappa shape index (κ2) is 5.86. The first kappa shape index (κ1) is 16.4. The molecular weight excluding hydrogens is 300 g/mol. The molecule has 23 heavy (non-hydrogen) atoms. The number of carbonyl (C=O) groups excluding carboxylic acids is 1. The van der Waals surface area contributed by atoms with Gasteiger partial charge >= 0.3 is 0 Å². The summed E-state index contributed by atoms with van der Waals surface area (Å²) in [5, 5.41) is 0. The van der Waals surface area contributed by atoms with E-state index in [2.05, 4.69) is 33.9 Å². The molecule has 5 heteroatoms. The molecule has 3 nitrogen and oxygen atoms in total. The lowest BCUT2D eigenvalue weighted by atomic mass is 9.62. The van der Waals surface area contributed by atoms with E-state index >= 15 is 0 Å². The van der Waals surface area contributed by atoms with Crippen molar-refractivity contribution in [3.05, 3.63) is 35.9 Å². The molecule has 2 heterocycles. The van der Waals surface area contributed by atoms with Gasteiger partial charge in [-0.25, -0.2) is 8.78 Å². The fraction of sp³-hybridized carbons (Fsp3) is 0.611. The predicted octanol–water partition coefficient (Wildman–Crippen LogP) is 3.59. The molecule has 3 aliphatic rings. The largest absolute Gasteiger partial charge is 0.471 e. The van der Waals surface area contributed by atoms with Gasteiger partial charge in [0.25, 0.3) is 6.47 Å². The maximum atomic E-state index is 13.3. The Bertz CT molecular complexity index is 555. The van der Waals surface area contributed by atoms with Crippen molar-refractivity contribution in [1.82, 2.24) is 4.90 Å². The Morgan fingerprint density at radius 3 is 2.39 bits per heavy atom. The number of nitrogens with zero attached hydrogens (tertiary/aromatic N) is 1. The van der Waals surface area contributed by atoms with E-state index in [4.69, 9.17) is 4.79 Å². The van der Waals surface area contributed by atoms with E-state index in [1.807, 2.05) is 6.07 Å². The lowest BCUT2D eigenvalue weighted by Crippen LogP contribution is -2.47. The van der Waals surface area contributed by atoms with Crippen LogP contribution in [0.1, 0.15) is 37.7 Å². The molecule has 3 fully saturated rings. The third kappa shape index (κ3) is 2.87. The summed E-state index contributed by atoms with van der Waals surface area (Å²) < 4.78 is 30.5. The molecule has 2 saturated heterocycles. The SMILES string of the molecule is COC=O.FC1(F)CC2(CN3CCCC3(c3ccccc3)C2)C1. The van der Waals surface area contributed by atoms with Crippen LogP contribution >= 0.6 is 0 Å². The molecule has 1 atom stereocenters. The number of ether oxygens (including phenoxy) is 1. The molecule has 0 aromatic heterocycles. The highest BCUT2D eigenvalue weighted by molar-refractivity contribution is 5.36. The Morgan fingerprint density at radius 1 is 1.17 bits per heavy atom. The molecule has 1 saturated carbocycles. The van der Waals surface area contributed by atoms with Gasteiger partial charge in [0.15, 0.2) is 0 Å². The van der Waals surface area contributed by atoms with Crippen LogP contribution in [0.3, 0.4) is 0 Å². The maximum absolute atomic E-state index is 13.3. The van der Waals surface area contributed by atoms with Crippen LogP contribution in [-0.4, -0.2) is 37.5 Å². The van der Waals surface area contributed by atoms with Crippen molar-refractivity contribution in [1.29, 1.82) is 0 Å². The van der Waals surface area contributed by atoms with Crippen LogP contribution in [0.15, 0.2) is 30.3 Å². The monoisotopic (exact) mass is 323 g/mol. The Hall–Kier alpha value is -1.49. The van der Waals surface area contributed by atoms with Crippen LogP contribution in [0.5, 0.6) is 0 Å². The van der Waals surface area contributed by atoms with Gasteiger partial charge in [-0.05, 0) is 36.8 Å². The van der Waals surface area contributed by atoms with E-state index in [1.165, 1.54) is 19.1 Å². The molecule has 0 radical (unpaired) electrons. The van der Waals surface area contributed by atoms with Crippen molar-refractivity contribution in [3.8, 4) is 0 Å². The zero-order valence-electron chi connectivity index (χ0n) is 13.4. The van der Waals surface area contributed by atoms with Gasteiger partial charge in [-0.1, -0.05) is 30.3 Å². The van der Waals surface area contributed by atoms with Gasteiger partial charge in [-0.15, -0.1) is 0 Å². The topological polar surface area (TPSA) is 29.5 Å².